The summed E-state index contributed by atoms with van der Waals surface area (Å²) < 4.78 is 0. The summed E-state index contributed by atoms with van der Waals surface area (Å²) in [6, 6.07) is 0. The van der Waals surface area contributed by atoms with Crippen LogP contribution in [0.1, 0.15) is 90.4 Å². The summed E-state index contributed by atoms with van der Waals surface area (Å²) in [7, 11) is 0. The molecule has 1 amide bonds. The molecule has 0 aliphatic heterocycles. The topological polar surface area (TPSA) is 83.5 Å². The smallest absolute Gasteiger partial charge is 0.322 e. The normalized spacial score (nSPS) is 10.6. The molecule has 0 atom stereocenters. The molecule has 5 nitrogen and oxygen atoms in total. The molecule has 0 radical (unpaired) electrons. The van der Waals surface area contributed by atoms with E-state index in [1.54, 1.807) is 0 Å². The highest BCUT2D eigenvalue weighted by atomic mass is 32.2. The van der Waals surface area contributed by atoms with Crippen LogP contribution in [-0.4, -0.2) is 34.4 Å². The van der Waals surface area contributed by atoms with Crippen molar-refractivity contribution in [1.82, 2.24) is 5.32 Å². The lowest BCUT2D eigenvalue weighted by molar-refractivity contribution is -0.137. The van der Waals surface area contributed by atoms with E-state index in [2.05, 4.69) is 12.2 Å². The molecule has 0 bridgehead atoms. The molecular formula is C19H35NO4S. The highest BCUT2D eigenvalue weighted by Gasteiger charge is 2.07. The largest absolute Gasteiger partial charge is 0.480 e. The zero-order valence-corrected chi connectivity index (χ0v) is 16.5. The minimum absolute atomic E-state index is 0.127. The van der Waals surface area contributed by atoms with E-state index in [9.17, 15) is 14.4 Å². The fourth-order valence-corrected chi connectivity index (χ4v) is 3.33. The Morgan fingerprint density at radius 3 is 1.84 bits per heavy atom. The summed E-state index contributed by atoms with van der Waals surface area (Å²) >= 11 is 1.17. The number of rotatable bonds is 17. The van der Waals surface area contributed by atoms with E-state index in [1.165, 1.54) is 69.5 Å². The molecule has 0 fully saturated rings. The first kappa shape index (κ1) is 24.0. The van der Waals surface area contributed by atoms with Crippen molar-refractivity contribution >= 4 is 28.8 Å². The van der Waals surface area contributed by atoms with Gasteiger partial charge in [-0.2, -0.15) is 0 Å². The molecule has 0 aliphatic rings. The first-order valence-electron chi connectivity index (χ1n) is 9.70. The van der Waals surface area contributed by atoms with Gasteiger partial charge < -0.3 is 10.4 Å². The quantitative estimate of drug-likeness (QED) is 0.366. The second-order valence-corrected chi connectivity index (χ2v) is 7.58. The van der Waals surface area contributed by atoms with Crippen LogP contribution in [0.2, 0.25) is 0 Å². The van der Waals surface area contributed by atoms with Crippen LogP contribution in [0, 0.1) is 0 Å². The van der Waals surface area contributed by atoms with Gasteiger partial charge in [-0.1, -0.05) is 82.9 Å². The average Bonchev–Trinajstić information content (AvgIpc) is 2.58. The first-order chi connectivity index (χ1) is 12.1. The van der Waals surface area contributed by atoms with Crippen LogP contribution in [-0.2, 0) is 14.4 Å². The van der Waals surface area contributed by atoms with Crippen molar-refractivity contribution in [2.24, 2.45) is 0 Å². The molecule has 0 spiro atoms. The van der Waals surface area contributed by atoms with Crippen molar-refractivity contribution in [2.45, 2.75) is 90.4 Å². The van der Waals surface area contributed by atoms with Gasteiger partial charge >= 0.3 is 5.97 Å². The number of nitrogens with one attached hydrogen (secondary N) is 1. The monoisotopic (exact) mass is 373 g/mol. The Balaban J connectivity index is 3.30. The van der Waals surface area contributed by atoms with Crippen molar-refractivity contribution in [3.63, 3.8) is 0 Å². The predicted octanol–water partition coefficient (Wildman–Crippen LogP) is 4.54. The number of carboxylic acid groups (broad SMARTS) is 1. The van der Waals surface area contributed by atoms with Crippen molar-refractivity contribution < 1.29 is 19.5 Å². The molecule has 6 heteroatoms. The van der Waals surface area contributed by atoms with Gasteiger partial charge in [-0.15, -0.1) is 0 Å². The summed E-state index contributed by atoms with van der Waals surface area (Å²) in [5.74, 6) is -0.964. The van der Waals surface area contributed by atoms with Gasteiger partial charge in [0, 0.05) is 18.6 Å². The van der Waals surface area contributed by atoms with Crippen molar-refractivity contribution in [3.8, 4) is 0 Å². The van der Waals surface area contributed by atoms with E-state index in [1.807, 2.05) is 0 Å². The molecule has 25 heavy (non-hydrogen) atoms. The van der Waals surface area contributed by atoms with Crippen LogP contribution in [0.5, 0.6) is 0 Å². The number of amides is 1. The van der Waals surface area contributed by atoms with Crippen LogP contribution in [0.3, 0.4) is 0 Å². The Morgan fingerprint density at radius 1 is 0.800 bits per heavy atom. The van der Waals surface area contributed by atoms with Gasteiger partial charge in [0.1, 0.15) is 6.54 Å². The summed E-state index contributed by atoms with van der Waals surface area (Å²) in [6.45, 7) is 1.87. The fourth-order valence-electron chi connectivity index (χ4n) is 2.53. The second-order valence-electron chi connectivity index (χ2n) is 6.43. The Bertz CT molecular complexity index is 374. The number of unbranched alkanes of at least 4 members (excludes halogenated alkanes) is 10. The standard InChI is InChI=1S/C19H35NO4S/c1-2-3-4-5-6-7-8-9-10-11-12-13-19(24)25-15-14-17(21)20-16-18(22)23/h2-16H2,1H3,(H,20,21)(H,22,23). The highest BCUT2D eigenvalue weighted by molar-refractivity contribution is 8.13. The average molecular weight is 374 g/mol. The number of carboxylic acids is 1. The van der Waals surface area contributed by atoms with Crippen LogP contribution < -0.4 is 5.32 Å². The third-order valence-corrected chi connectivity index (χ3v) is 4.95. The minimum Gasteiger partial charge on any atom is -0.480 e. The number of carbonyl (C=O) groups excluding carboxylic acids is 2. The zero-order valence-electron chi connectivity index (χ0n) is 15.7. The molecule has 0 heterocycles. The van der Waals surface area contributed by atoms with E-state index < -0.39 is 5.97 Å². The number of carbonyl (C=O) groups is 3. The number of hydrogen-bond donors (Lipinski definition) is 2. The van der Waals surface area contributed by atoms with Gasteiger partial charge in [0.2, 0.25) is 5.91 Å². The fraction of sp³-hybridized carbons (Fsp3) is 0.842. The van der Waals surface area contributed by atoms with Crippen LogP contribution in [0.25, 0.3) is 0 Å². The van der Waals surface area contributed by atoms with Crippen molar-refractivity contribution in [1.29, 1.82) is 0 Å². The number of thioether (sulfide) groups is 1. The number of hydrogen-bond acceptors (Lipinski definition) is 4. The molecule has 0 aliphatic carbocycles. The van der Waals surface area contributed by atoms with Crippen LogP contribution in [0.4, 0.5) is 0 Å². The molecule has 0 aromatic carbocycles. The van der Waals surface area contributed by atoms with Gasteiger partial charge in [0.05, 0.1) is 0 Å². The summed E-state index contributed by atoms with van der Waals surface area (Å²) in [5, 5.41) is 10.8. The molecular weight excluding hydrogens is 338 g/mol. The van der Waals surface area contributed by atoms with Crippen LogP contribution in [0.15, 0.2) is 0 Å². The Kier molecular flexibility index (Phi) is 17.0. The minimum atomic E-state index is -1.06. The maximum Gasteiger partial charge on any atom is 0.322 e. The summed E-state index contributed by atoms with van der Waals surface area (Å²) in [5.41, 5.74) is 0. The lowest BCUT2D eigenvalue weighted by Gasteiger charge is -2.03. The Labute approximate surface area is 156 Å². The van der Waals surface area contributed by atoms with Gasteiger partial charge in [0.15, 0.2) is 5.12 Å². The molecule has 0 unspecified atom stereocenters. The van der Waals surface area contributed by atoms with E-state index in [0.717, 1.165) is 12.8 Å². The molecule has 0 aromatic rings. The molecule has 0 saturated heterocycles. The SMILES string of the molecule is CCCCCCCCCCCCCC(=O)SCCC(=O)NCC(=O)O. The van der Waals surface area contributed by atoms with E-state index >= 15 is 0 Å². The van der Waals surface area contributed by atoms with Crippen LogP contribution >= 0.6 is 11.8 Å². The summed E-state index contributed by atoms with van der Waals surface area (Å²) in [6.07, 6.45) is 14.6. The maximum absolute atomic E-state index is 11.7. The van der Waals surface area contributed by atoms with Crippen molar-refractivity contribution in [3.05, 3.63) is 0 Å². The molecule has 2 N–H and O–H groups in total. The van der Waals surface area contributed by atoms with E-state index in [-0.39, 0.29) is 24.0 Å². The van der Waals surface area contributed by atoms with Gasteiger partial charge in [-0.25, -0.2) is 0 Å². The first-order valence-corrected chi connectivity index (χ1v) is 10.7. The van der Waals surface area contributed by atoms with Gasteiger partial charge in [-0.3, -0.25) is 14.4 Å². The lowest BCUT2D eigenvalue weighted by atomic mass is 10.1. The van der Waals surface area contributed by atoms with Gasteiger partial charge in [-0.05, 0) is 6.42 Å². The third kappa shape index (κ3) is 19.1. The van der Waals surface area contributed by atoms with E-state index in [0.29, 0.717) is 12.2 Å². The zero-order chi connectivity index (χ0) is 18.8. The third-order valence-electron chi connectivity index (χ3n) is 4.01. The molecule has 146 valence electrons. The Hall–Kier alpha value is -1.04. The molecule has 0 saturated carbocycles. The van der Waals surface area contributed by atoms with Gasteiger partial charge in [0.25, 0.3) is 0 Å². The van der Waals surface area contributed by atoms with E-state index in [4.69, 9.17) is 5.11 Å². The maximum atomic E-state index is 11.7. The molecule has 0 rings (SSSR count). The summed E-state index contributed by atoms with van der Waals surface area (Å²) in [4.78, 5) is 33.3. The number of aliphatic carboxylic acids is 1. The van der Waals surface area contributed by atoms with Crippen molar-refractivity contribution in [2.75, 3.05) is 12.3 Å². The Morgan fingerprint density at radius 2 is 1.32 bits per heavy atom. The molecule has 0 aromatic heterocycles. The predicted molar refractivity (Wildman–Crippen MR) is 104 cm³/mol. The second kappa shape index (κ2) is 17.8. The lowest BCUT2D eigenvalue weighted by Crippen LogP contribution is -2.29. The highest BCUT2D eigenvalue weighted by Crippen LogP contribution is 2.14.